The fourth-order valence-corrected chi connectivity index (χ4v) is 4.22. The zero-order valence-electron chi connectivity index (χ0n) is 9.39. The van der Waals surface area contributed by atoms with Crippen LogP contribution in [0.5, 0.6) is 0 Å². The van der Waals surface area contributed by atoms with Gasteiger partial charge in [0, 0.05) is 5.75 Å². The molecule has 0 atom stereocenters. The third kappa shape index (κ3) is 4.31. The van der Waals surface area contributed by atoms with Crippen molar-refractivity contribution in [3.8, 4) is 0 Å². The van der Waals surface area contributed by atoms with Gasteiger partial charge in [0.15, 0.2) is 5.13 Å². The van der Waals surface area contributed by atoms with Gasteiger partial charge in [0.05, 0.1) is 15.7 Å². The molecule has 0 bridgehead atoms. The predicted octanol–water partition coefficient (Wildman–Crippen LogP) is 1.95. The molecule has 0 aliphatic rings. The lowest BCUT2D eigenvalue weighted by Crippen LogP contribution is -2.09. The number of nitrogens with zero attached hydrogens (tertiary/aromatic N) is 1. The van der Waals surface area contributed by atoms with Crippen LogP contribution in [0.1, 0.15) is 19.0 Å². The normalized spacial score (nSPS) is 11.9. The summed E-state index contributed by atoms with van der Waals surface area (Å²) in [6.45, 7) is 3.59. The highest BCUT2D eigenvalue weighted by molar-refractivity contribution is 8.01. The summed E-state index contributed by atoms with van der Waals surface area (Å²) < 4.78 is 23.6. The second kappa shape index (κ2) is 5.88. The number of rotatable bonds is 6. The van der Waals surface area contributed by atoms with E-state index in [0.717, 1.165) is 15.7 Å². The molecule has 1 heterocycles. The first-order valence-corrected chi connectivity index (χ1v) is 8.63. The summed E-state index contributed by atoms with van der Waals surface area (Å²) in [5.74, 6) is 1.29. The minimum Gasteiger partial charge on any atom is -0.375 e. The number of hydrogen-bond donors (Lipinski definition) is 1. The van der Waals surface area contributed by atoms with Crippen molar-refractivity contribution < 1.29 is 8.42 Å². The Kier molecular flexibility index (Phi) is 5.07. The van der Waals surface area contributed by atoms with Crippen LogP contribution in [-0.4, -0.2) is 30.7 Å². The fourth-order valence-electron chi connectivity index (χ4n) is 1.12. The van der Waals surface area contributed by atoms with Crippen LogP contribution in [0.25, 0.3) is 0 Å². The number of thiazole rings is 1. The minimum atomic E-state index is -2.83. The minimum absolute atomic E-state index is 0.226. The van der Waals surface area contributed by atoms with Crippen molar-refractivity contribution in [3.63, 3.8) is 0 Å². The van der Waals surface area contributed by atoms with E-state index in [9.17, 15) is 8.42 Å². The van der Waals surface area contributed by atoms with Gasteiger partial charge in [0.2, 0.25) is 0 Å². The quantitative estimate of drug-likeness (QED) is 0.637. The second-order valence-electron chi connectivity index (χ2n) is 3.36. The van der Waals surface area contributed by atoms with Gasteiger partial charge in [-0.1, -0.05) is 18.3 Å². The van der Waals surface area contributed by atoms with Gasteiger partial charge in [0.25, 0.3) is 0 Å². The third-order valence-corrected chi connectivity index (χ3v) is 6.27. The maximum atomic E-state index is 11.2. The van der Waals surface area contributed by atoms with Crippen molar-refractivity contribution in [3.05, 3.63) is 5.69 Å². The number of nitrogen functional groups attached to an aromatic ring is 1. The van der Waals surface area contributed by atoms with Crippen LogP contribution in [0.15, 0.2) is 4.21 Å². The number of aryl methyl sites for hydroxylation is 1. The van der Waals surface area contributed by atoms with Crippen LogP contribution in [0.2, 0.25) is 0 Å². The van der Waals surface area contributed by atoms with Gasteiger partial charge in [-0.25, -0.2) is 13.4 Å². The van der Waals surface area contributed by atoms with Gasteiger partial charge in [-0.2, -0.15) is 0 Å². The largest absolute Gasteiger partial charge is 0.375 e. The van der Waals surface area contributed by atoms with Crippen LogP contribution in [0, 0.1) is 6.92 Å². The average molecular weight is 280 g/mol. The monoisotopic (exact) mass is 280 g/mol. The van der Waals surface area contributed by atoms with E-state index in [1.807, 2.05) is 6.92 Å². The molecule has 1 aromatic rings. The molecule has 0 saturated carbocycles. The lowest BCUT2D eigenvalue weighted by molar-refractivity contribution is 0.596. The van der Waals surface area contributed by atoms with Gasteiger partial charge < -0.3 is 5.73 Å². The molecule has 4 nitrogen and oxygen atoms in total. The first-order chi connectivity index (χ1) is 7.44. The molecule has 0 saturated heterocycles. The van der Waals surface area contributed by atoms with Crippen molar-refractivity contribution in [2.75, 3.05) is 23.0 Å². The average Bonchev–Trinajstić information content (AvgIpc) is 2.52. The smallest absolute Gasteiger partial charge is 0.181 e. The number of nitrogens with two attached hydrogens (primary N) is 1. The molecule has 0 unspecified atom stereocenters. The summed E-state index contributed by atoms with van der Waals surface area (Å²) in [6, 6.07) is 0. The fraction of sp³-hybridized carbons (Fsp3) is 0.667. The van der Waals surface area contributed by atoms with Gasteiger partial charge in [-0.05, 0) is 19.1 Å². The highest BCUT2D eigenvalue weighted by Gasteiger charge is 2.09. The molecule has 7 heteroatoms. The van der Waals surface area contributed by atoms with E-state index in [2.05, 4.69) is 4.98 Å². The Morgan fingerprint density at radius 2 is 2.19 bits per heavy atom. The van der Waals surface area contributed by atoms with Crippen molar-refractivity contribution in [1.29, 1.82) is 0 Å². The molecule has 1 aromatic heterocycles. The molecule has 0 aromatic carbocycles. The first-order valence-electron chi connectivity index (χ1n) is 5.00. The molecular weight excluding hydrogens is 264 g/mol. The predicted molar refractivity (Wildman–Crippen MR) is 70.9 cm³/mol. The standard InChI is InChI=1S/C9H16N2O2S3/c1-3-16(12,13)6-4-5-14-8-7(2)11-9(10)15-8/h3-6H2,1-2H3,(H2,10,11). The van der Waals surface area contributed by atoms with Crippen LogP contribution in [0.3, 0.4) is 0 Å². The van der Waals surface area contributed by atoms with Crippen LogP contribution < -0.4 is 5.73 Å². The zero-order chi connectivity index (χ0) is 12.2. The molecule has 92 valence electrons. The van der Waals surface area contributed by atoms with Crippen molar-refractivity contribution in [1.82, 2.24) is 4.98 Å². The molecule has 16 heavy (non-hydrogen) atoms. The number of sulfone groups is 1. The van der Waals surface area contributed by atoms with E-state index in [-0.39, 0.29) is 11.5 Å². The van der Waals surface area contributed by atoms with Gasteiger partial charge in [-0.15, -0.1) is 11.8 Å². The SMILES string of the molecule is CCS(=O)(=O)CCCSc1sc(N)nc1C. The number of thioether (sulfide) groups is 1. The summed E-state index contributed by atoms with van der Waals surface area (Å²) >= 11 is 3.09. The Morgan fingerprint density at radius 1 is 1.50 bits per heavy atom. The second-order valence-corrected chi connectivity index (χ2v) is 8.23. The Labute approximate surface area is 105 Å². The van der Waals surface area contributed by atoms with Gasteiger partial charge >= 0.3 is 0 Å². The molecule has 0 aliphatic carbocycles. The molecule has 2 N–H and O–H groups in total. The van der Waals surface area contributed by atoms with Crippen LogP contribution in [-0.2, 0) is 9.84 Å². The van der Waals surface area contributed by atoms with E-state index < -0.39 is 9.84 Å². The summed E-state index contributed by atoms with van der Waals surface area (Å²) in [5, 5.41) is 0.571. The van der Waals surface area contributed by atoms with Crippen molar-refractivity contribution in [2.24, 2.45) is 0 Å². The zero-order valence-corrected chi connectivity index (χ0v) is 11.8. The van der Waals surface area contributed by atoms with E-state index in [4.69, 9.17) is 5.73 Å². The number of anilines is 1. The summed E-state index contributed by atoms with van der Waals surface area (Å²) in [6.07, 6.45) is 0.679. The maximum Gasteiger partial charge on any atom is 0.181 e. The van der Waals surface area contributed by atoms with E-state index >= 15 is 0 Å². The molecule has 1 rings (SSSR count). The van der Waals surface area contributed by atoms with Crippen LogP contribution >= 0.6 is 23.1 Å². The lowest BCUT2D eigenvalue weighted by atomic mass is 10.6. The summed E-state index contributed by atoms with van der Waals surface area (Å²) in [7, 11) is -2.83. The van der Waals surface area contributed by atoms with E-state index in [1.54, 1.807) is 18.7 Å². The van der Waals surface area contributed by atoms with Crippen molar-refractivity contribution in [2.45, 2.75) is 24.5 Å². The first kappa shape index (κ1) is 13.8. The van der Waals surface area contributed by atoms with E-state index in [1.165, 1.54) is 11.3 Å². The summed E-state index contributed by atoms with van der Waals surface area (Å²) in [4.78, 5) is 4.11. The van der Waals surface area contributed by atoms with Gasteiger partial charge in [0.1, 0.15) is 9.84 Å². The topological polar surface area (TPSA) is 73.0 Å². The van der Waals surface area contributed by atoms with E-state index in [0.29, 0.717) is 11.6 Å². The molecule has 0 spiro atoms. The Morgan fingerprint density at radius 3 is 2.69 bits per heavy atom. The molecule has 0 aliphatic heterocycles. The third-order valence-electron chi connectivity index (χ3n) is 2.04. The molecule has 0 amide bonds. The molecular formula is C9H16N2O2S3. The summed E-state index contributed by atoms with van der Waals surface area (Å²) in [5.41, 5.74) is 6.51. The Bertz CT molecular complexity index is 440. The number of hydrogen-bond acceptors (Lipinski definition) is 6. The highest BCUT2D eigenvalue weighted by Crippen LogP contribution is 2.30. The van der Waals surface area contributed by atoms with Gasteiger partial charge in [-0.3, -0.25) is 0 Å². The Balaban J connectivity index is 2.34. The lowest BCUT2D eigenvalue weighted by Gasteiger charge is -2.00. The van der Waals surface area contributed by atoms with Crippen LogP contribution in [0.4, 0.5) is 5.13 Å². The molecule has 0 radical (unpaired) electrons. The highest BCUT2D eigenvalue weighted by atomic mass is 32.2. The van der Waals surface area contributed by atoms with Crippen molar-refractivity contribution >= 4 is 38.1 Å². The Hall–Kier alpha value is -0.270. The number of aromatic nitrogens is 1. The maximum absolute atomic E-state index is 11.2. The molecule has 0 fully saturated rings.